The van der Waals surface area contributed by atoms with Gasteiger partial charge < -0.3 is 19.5 Å². The van der Waals surface area contributed by atoms with Gasteiger partial charge in [-0.3, -0.25) is 5.32 Å². The Kier molecular flexibility index (Phi) is 6.69. The zero-order chi connectivity index (χ0) is 17.6. The number of ether oxygens (including phenoxy) is 3. The Bertz CT molecular complexity index is 526. The van der Waals surface area contributed by atoms with Gasteiger partial charge in [-0.1, -0.05) is 0 Å². The van der Waals surface area contributed by atoms with Crippen molar-refractivity contribution in [3.05, 3.63) is 18.2 Å². The number of carbonyl (C=O) groups excluding carboxylic acids is 1. The number of nitrogens with one attached hydrogen (secondary N) is 2. The van der Waals surface area contributed by atoms with Crippen molar-refractivity contribution in [1.82, 2.24) is 0 Å². The molecule has 23 heavy (non-hydrogen) atoms. The minimum Gasteiger partial charge on any atom is -0.494 e. The molecule has 0 aliphatic heterocycles. The number of methoxy groups -OCH3 is 2. The number of carbonyl (C=O) groups is 1. The fraction of sp³-hybridized carbons (Fsp3) is 0.588. The third kappa shape index (κ3) is 6.36. The van der Waals surface area contributed by atoms with Gasteiger partial charge >= 0.3 is 6.09 Å². The molecule has 0 fully saturated rings. The van der Waals surface area contributed by atoms with Crippen molar-refractivity contribution in [1.29, 1.82) is 0 Å². The summed E-state index contributed by atoms with van der Waals surface area (Å²) in [4.78, 5) is 11.9. The molecule has 6 nitrogen and oxygen atoms in total. The predicted molar refractivity (Wildman–Crippen MR) is 92.4 cm³/mol. The summed E-state index contributed by atoms with van der Waals surface area (Å²) in [5, 5.41) is 6.03. The maximum absolute atomic E-state index is 11.9. The smallest absolute Gasteiger partial charge is 0.412 e. The number of hydrogen-bond acceptors (Lipinski definition) is 5. The van der Waals surface area contributed by atoms with Gasteiger partial charge in [0, 0.05) is 24.9 Å². The lowest BCUT2D eigenvalue weighted by Gasteiger charge is -2.22. The van der Waals surface area contributed by atoms with Crippen molar-refractivity contribution < 1.29 is 19.0 Å². The average Bonchev–Trinajstić information content (AvgIpc) is 2.45. The van der Waals surface area contributed by atoms with E-state index in [0.717, 1.165) is 5.69 Å². The minimum atomic E-state index is -0.551. The summed E-state index contributed by atoms with van der Waals surface area (Å²) in [7, 11) is 3.23. The molecule has 0 saturated heterocycles. The van der Waals surface area contributed by atoms with E-state index in [-0.39, 0.29) is 12.1 Å². The molecule has 130 valence electrons. The predicted octanol–water partition coefficient (Wildman–Crippen LogP) is 3.88. The molecule has 0 bridgehead atoms. The Balaban J connectivity index is 2.82. The van der Waals surface area contributed by atoms with Crippen LogP contribution >= 0.6 is 0 Å². The SMILES string of the molecule is COc1cc(NC(C)C(C)OC)ccc1NC(=O)OC(C)(C)C. The Labute approximate surface area is 138 Å². The molecule has 1 aromatic carbocycles. The van der Waals surface area contributed by atoms with Gasteiger partial charge in [-0.15, -0.1) is 0 Å². The molecule has 0 spiro atoms. The van der Waals surface area contributed by atoms with Gasteiger partial charge in [-0.2, -0.15) is 0 Å². The van der Waals surface area contributed by atoms with Crippen molar-refractivity contribution in [2.24, 2.45) is 0 Å². The van der Waals surface area contributed by atoms with Crippen molar-refractivity contribution in [2.45, 2.75) is 52.4 Å². The van der Waals surface area contributed by atoms with Crippen LogP contribution in [0.4, 0.5) is 16.2 Å². The van der Waals surface area contributed by atoms with Gasteiger partial charge in [0.1, 0.15) is 11.4 Å². The lowest BCUT2D eigenvalue weighted by Crippen LogP contribution is -2.29. The van der Waals surface area contributed by atoms with E-state index in [1.165, 1.54) is 0 Å². The van der Waals surface area contributed by atoms with E-state index in [4.69, 9.17) is 14.2 Å². The van der Waals surface area contributed by atoms with E-state index in [2.05, 4.69) is 10.6 Å². The summed E-state index contributed by atoms with van der Waals surface area (Å²) in [6, 6.07) is 5.60. The molecule has 0 aromatic heterocycles. The summed E-state index contributed by atoms with van der Waals surface area (Å²) in [6.07, 6.45) is -0.446. The summed E-state index contributed by atoms with van der Waals surface area (Å²) in [5.74, 6) is 0.554. The lowest BCUT2D eigenvalue weighted by atomic mass is 10.2. The molecular formula is C17H28N2O4. The maximum atomic E-state index is 11.9. The van der Waals surface area contributed by atoms with E-state index < -0.39 is 11.7 Å². The molecule has 1 aromatic rings. The molecule has 2 atom stereocenters. The topological polar surface area (TPSA) is 68.8 Å². The van der Waals surface area contributed by atoms with Crippen LogP contribution in [-0.4, -0.2) is 38.1 Å². The van der Waals surface area contributed by atoms with E-state index in [0.29, 0.717) is 11.4 Å². The zero-order valence-electron chi connectivity index (χ0n) is 15.0. The highest BCUT2D eigenvalue weighted by atomic mass is 16.6. The van der Waals surface area contributed by atoms with Crippen LogP contribution in [-0.2, 0) is 9.47 Å². The van der Waals surface area contributed by atoms with Gasteiger partial charge in [0.05, 0.1) is 18.9 Å². The molecule has 2 unspecified atom stereocenters. The third-order valence-electron chi connectivity index (χ3n) is 3.31. The van der Waals surface area contributed by atoms with Crippen LogP contribution in [0.5, 0.6) is 5.75 Å². The number of anilines is 2. The van der Waals surface area contributed by atoms with Crippen LogP contribution in [0.3, 0.4) is 0 Å². The van der Waals surface area contributed by atoms with E-state index in [1.807, 2.05) is 46.8 Å². The van der Waals surface area contributed by atoms with Crippen LogP contribution in [0.2, 0.25) is 0 Å². The third-order valence-corrected chi connectivity index (χ3v) is 3.31. The second-order valence-corrected chi connectivity index (χ2v) is 6.42. The highest BCUT2D eigenvalue weighted by Gasteiger charge is 2.18. The fourth-order valence-electron chi connectivity index (χ4n) is 1.88. The van der Waals surface area contributed by atoms with Crippen LogP contribution in [0.25, 0.3) is 0 Å². The number of hydrogen-bond donors (Lipinski definition) is 2. The molecule has 6 heteroatoms. The van der Waals surface area contributed by atoms with E-state index in [9.17, 15) is 4.79 Å². The van der Waals surface area contributed by atoms with Gasteiger partial charge in [0.2, 0.25) is 0 Å². The Hall–Kier alpha value is -1.95. The molecule has 0 heterocycles. The molecule has 0 radical (unpaired) electrons. The maximum Gasteiger partial charge on any atom is 0.412 e. The summed E-state index contributed by atoms with van der Waals surface area (Å²) in [5.41, 5.74) is 0.887. The molecule has 1 amide bonds. The Morgan fingerprint density at radius 1 is 1.17 bits per heavy atom. The van der Waals surface area contributed by atoms with Crippen LogP contribution in [0.1, 0.15) is 34.6 Å². The van der Waals surface area contributed by atoms with Crippen molar-refractivity contribution in [3.63, 3.8) is 0 Å². The van der Waals surface area contributed by atoms with E-state index >= 15 is 0 Å². The van der Waals surface area contributed by atoms with Gasteiger partial charge in [0.15, 0.2) is 0 Å². The average molecular weight is 324 g/mol. The largest absolute Gasteiger partial charge is 0.494 e. The normalized spacial score (nSPS) is 13.9. The Morgan fingerprint density at radius 2 is 1.83 bits per heavy atom. The molecule has 0 aliphatic rings. The van der Waals surface area contributed by atoms with Crippen LogP contribution < -0.4 is 15.4 Å². The number of amides is 1. The van der Waals surface area contributed by atoms with Gasteiger partial charge in [-0.25, -0.2) is 4.79 Å². The second-order valence-electron chi connectivity index (χ2n) is 6.42. The fourth-order valence-corrected chi connectivity index (χ4v) is 1.88. The van der Waals surface area contributed by atoms with E-state index in [1.54, 1.807) is 20.3 Å². The minimum absolute atomic E-state index is 0.0700. The molecule has 0 aliphatic carbocycles. The summed E-state index contributed by atoms with van der Waals surface area (Å²) < 4.78 is 15.9. The van der Waals surface area contributed by atoms with Gasteiger partial charge in [-0.05, 0) is 46.8 Å². The van der Waals surface area contributed by atoms with Crippen LogP contribution in [0.15, 0.2) is 18.2 Å². The first-order valence-corrected chi connectivity index (χ1v) is 7.63. The number of benzene rings is 1. The highest BCUT2D eigenvalue weighted by Crippen LogP contribution is 2.29. The number of rotatable bonds is 6. The van der Waals surface area contributed by atoms with Crippen molar-refractivity contribution in [2.75, 3.05) is 24.9 Å². The summed E-state index contributed by atoms with van der Waals surface area (Å²) >= 11 is 0. The molecule has 2 N–H and O–H groups in total. The zero-order valence-corrected chi connectivity index (χ0v) is 15.0. The van der Waals surface area contributed by atoms with Crippen LogP contribution in [0, 0.1) is 0 Å². The first-order valence-electron chi connectivity index (χ1n) is 7.63. The van der Waals surface area contributed by atoms with Crippen molar-refractivity contribution >= 4 is 17.5 Å². The second kappa shape index (κ2) is 8.06. The molecular weight excluding hydrogens is 296 g/mol. The first kappa shape index (κ1) is 19.1. The Morgan fingerprint density at radius 3 is 2.35 bits per heavy atom. The summed E-state index contributed by atoms with van der Waals surface area (Å²) in [6.45, 7) is 9.47. The lowest BCUT2D eigenvalue weighted by molar-refractivity contribution is 0.0635. The quantitative estimate of drug-likeness (QED) is 0.831. The monoisotopic (exact) mass is 324 g/mol. The molecule has 0 saturated carbocycles. The highest BCUT2D eigenvalue weighted by molar-refractivity contribution is 5.87. The van der Waals surface area contributed by atoms with Gasteiger partial charge in [0.25, 0.3) is 0 Å². The first-order chi connectivity index (χ1) is 10.7. The molecule has 1 rings (SSSR count). The van der Waals surface area contributed by atoms with Crippen molar-refractivity contribution in [3.8, 4) is 5.75 Å². The standard InChI is InChI=1S/C17H28N2O4/c1-11(12(2)21-6)18-13-8-9-14(15(10-13)22-7)19-16(20)23-17(3,4)5/h8-12,18H,1-7H3,(H,19,20).